The van der Waals surface area contributed by atoms with Gasteiger partial charge in [0.05, 0.1) is 5.69 Å². The summed E-state index contributed by atoms with van der Waals surface area (Å²) in [6, 6.07) is 9.45. The van der Waals surface area contributed by atoms with Crippen LogP contribution in [0.25, 0.3) is 0 Å². The molecule has 0 aliphatic carbocycles. The van der Waals surface area contributed by atoms with Crippen LogP contribution in [0.1, 0.15) is 20.8 Å². The van der Waals surface area contributed by atoms with E-state index in [4.69, 9.17) is 23.1 Å². The molecule has 0 aliphatic heterocycles. The molecule has 5 nitrogen and oxygen atoms in total. The molecule has 0 saturated carbocycles. The minimum Gasteiger partial charge on any atom is -0.396 e. The van der Waals surface area contributed by atoms with Gasteiger partial charge in [-0.05, 0) is 17.7 Å². The lowest BCUT2D eigenvalue weighted by atomic mass is 10.2. The van der Waals surface area contributed by atoms with Crippen LogP contribution >= 0.6 is 22.9 Å². The number of thiophene rings is 1. The predicted octanol–water partition coefficient (Wildman–Crippen LogP) is 2.59. The number of hydrogen-bond donors (Lipinski definition) is 2. The van der Waals surface area contributed by atoms with Gasteiger partial charge in [-0.3, -0.25) is 4.79 Å². The number of nitrogens with two attached hydrogens (primary N) is 2. The van der Waals surface area contributed by atoms with Crippen LogP contribution in [0, 0.1) is 11.3 Å². The van der Waals surface area contributed by atoms with Crippen molar-refractivity contribution in [2.75, 3.05) is 17.7 Å². The number of primary amides is 1. The summed E-state index contributed by atoms with van der Waals surface area (Å²) in [5.41, 5.74) is 12.5. The quantitative estimate of drug-likeness (QED) is 0.905. The number of carbonyl (C=O) groups excluding carboxylic acids is 1. The molecule has 0 saturated heterocycles. The van der Waals surface area contributed by atoms with Crippen LogP contribution < -0.4 is 16.4 Å². The zero-order valence-electron chi connectivity index (χ0n) is 11.3. The normalized spacial score (nSPS) is 10.1. The van der Waals surface area contributed by atoms with Crippen LogP contribution in [0.2, 0.25) is 5.02 Å². The van der Waals surface area contributed by atoms with Gasteiger partial charge in [0.2, 0.25) is 0 Å². The lowest BCUT2D eigenvalue weighted by Gasteiger charge is -2.18. The van der Waals surface area contributed by atoms with Crippen LogP contribution in [0.5, 0.6) is 0 Å². The minimum absolute atomic E-state index is 0.142. The molecule has 0 bridgehead atoms. The zero-order chi connectivity index (χ0) is 15.6. The van der Waals surface area contributed by atoms with Gasteiger partial charge >= 0.3 is 0 Å². The molecule has 1 heterocycles. The van der Waals surface area contributed by atoms with Gasteiger partial charge in [0.25, 0.3) is 5.91 Å². The molecule has 0 spiro atoms. The third kappa shape index (κ3) is 3.10. The van der Waals surface area contributed by atoms with Gasteiger partial charge in [0.15, 0.2) is 0 Å². The predicted molar refractivity (Wildman–Crippen MR) is 85.5 cm³/mol. The van der Waals surface area contributed by atoms with E-state index in [1.807, 2.05) is 36.2 Å². The van der Waals surface area contributed by atoms with E-state index in [-0.39, 0.29) is 16.1 Å². The molecule has 21 heavy (non-hydrogen) atoms. The molecule has 0 atom stereocenters. The fraction of sp³-hybridized carbons (Fsp3) is 0.143. The van der Waals surface area contributed by atoms with Crippen molar-refractivity contribution in [2.24, 2.45) is 5.73 Å². The largest absolute Gasteiger partial charge is 0.396 e. The highest BCUT2D eigenvalue weighted by molar-refractivity contribution is 7.19. The summed E-state index contributed by atoms with van der Waals surface area (Å²) in [5.74, 6) is -0.628. The van der Waals surface area contributed by atoms with Crippen LogP contribution in [-0.4, -0.2) is 13.0 Å². The van der Waals surface area contributed by atoms with Crippen LogP contribution in [0.3, 0.4) is 0 Å². The Labute approximate surface area is 131 Å². The Morgan fingerprint density at radius 3 is 2.81 bits per heavy atom. The van der Waals surface area contributed by atoms with Crippen molar-refractivity contribution in [1.29, 1.82) is 5.26 Å². The number of nitriles is 1. The fourth-order valence-corrected chi connectivity index (χ4v) is 3.17. The van der Waals surface area contributed by atoms with Crippen molar-refractivity contribution in [3.8, 4) is 6.07 Å². The molecule has 108 valence electrons. The zero-order valence-corrected chi connectivity index (χ0v) is 12.8. The topological polar surface area (TPSA) is 96.1 Å². The Balaban J connectivity index is 2.35. The molecule has 1 aromatic heterocycles. The first kappa shape index (κ1) is 15.2. The monoisotopic (exact) mass is 320 g/mol. The molecule has 2 rings (SSSR count). The van der Waals surface area contributed by atoms with Crippen molar-refractivity contribution in [2.45, 2.75) is 6.54 Å². The summed E-state index contributed by atoms with van der Waals surface area (Å²) < 4.78 is 0. The second-order valence-corrected chi connectivity index (χ2v) is 5.92. The molecule has 0 aliphatic rings. The number of benzene rings is 1. The van der Waals surface area contributed by atoms with Crippen molar-refractivity contribution >= 4 is 39.5 Å². The Morgan fingerprint density at radius 1 is 1.52 bits per heavy atom. The molecule has 4 N–H and O–H groups in total. The molecular weight excluding hydrogens is 308 g/mol. The van der Waals surface area contributed by atoms with Crippen LogP contribution in [0.4, 0.5) is 10.7 Å². The Kier molecular flexibility index (Phi) is 4.36. The van der Waals surface area contributed by atoms with E-state index >= 15 is 0 Å². The van der Waals surface area contributed by atoms with E-state index in [9.17, 15) is 10.1 Å². The number of carbonyl (C=O) groups is 1. The van der Waals surface area contributed by atoms with E-state index in [0.29, 0.717) is 16.6 Å². The van der Waals surface area contributed by atoms with E-state index in [0.717, 1.165) is 16.9 Å². The first-order valence-electron chi connectivity index (χ1n) is 6.01. The van der Waals surface area contributed by atoms with Crippen molar-refractivity contribution in [1.82, 2.24) is 0 Å². The van der Waals surface area contributed by atoms with Crippen molar-refractivity contribution in [3.63, 3.8) is 0 Å². The number of hydrogen-bond acceptors (Lipinski definition) is 5. The molecule has 0 fully saturated rings. The lowest BCUT2D eigenvalue weighted by Crippen LogP contribution is -2.16. The SMILES string of the molecule is CN(Cc1cccc(Cl)c1)c1sc(C(N)=O)c(N)c1C#N. The molecule has 2 aromatic rings. The third-order valence-electron chi connectivity index (χ3n) is 2.92. The van der Waals surface area contributed by atoms with Crippen molar-refractivity contribution < 1.29 is 4.79 Å². The number of nitrogens with zero attached hydrogens (tertiary/aromatic N) is 2. The van der Waals surface area contributed by atoms with Crippen LogP contribution in [-0.2, 0) is 6.54 Å². The number of halogens is 1. The van der Waals surface area contributed by atoms with Gasteiger partial charge in [-0.1, -0.05) is 23.7 Å². The standard InChI is InChI=1S/C14H13ClN4OS/c1-19(7-8-3-2-4-9(15)5-8)14-10(6-16)11(17)12(21-14)13(18)20/h2-5H,7,17H2,1H3,(H2,18,20). The first-order valence-corrected chi connectivity index (χ1v) is 7.21. The summed E-state index contributed by atoms with van der Waals surface area (Å²) in [6.07, 6.45) is 0. The smallest absolute Gasteiger partial charge is 0.261 e. The Bertz CT molecular complexity index is 735. The number of nitrogen functional groups attached to an aromatic ring is 1. The van der Waals surface area contributed by atoms with Gasteiger partial charge in [0, 0.05) is 18.6 Å². The molecule has 7 heteroatoms. The molecule has 1 aromatic carbocycles. The molecule has 0 radical (unpaired) electrons. The molecular formula is C14H13ClN4OS. The van der Waals surface area contributed by atoms with Gasteiger partial charge in [-0.2, -0.15) is 5.26 Å². The van der Waals surface area contributed by atoms with E-state index < -0.39 is 5.91 Å². The fourth-order valence-electron chi connectivity index (χ4n) is 1.97. The lowest BCUT2D eigenvalue weighted by molar-refractivity contribution is 0.100. The van der Waals surface area contributed by atoms with E-state index in [1.165, 1.54) is 0 Å². The number of rotatable bonds is 4. The minimum atomic E-state index is -0.628. The maximum atomic E-state index is 11.3. The average molecular weight is 321 g/mol. The second-order valence-electron chi connectivity index (χ2n) is 4.49. The Morgan fingerprint density at radius 2 is 2.24 bits per heavy atom. The average Bonchev–Trinajstić information content (AvgIpc) is 2.75. The maximum Gasteiger partial charge on any atom is 0.261 e. The van der Waals surface area contributed by atoms with Gasteiger partial charge in [-0.15, -0.1) is 11.3 Å². The summed E-state index contributed by atoms with van der Waals surface area (Å²) >= 11 is 7.08. The van der Waals surface area contributed by atoms with E-state index in [2.05, 4.69) is 0 Å². The van der Waals surface area contributed by atoms with Crippen LogP contribution in [0.15, 0.2) is 24.3 Å². The van der Waals surface area contributed by atoms with Gasteiger partial charge in [0.1, 0.15) is 21.5 Å². The first-order chi connectivity index (χ1) is 9.93. The van der Waals surface area contributed by atoms with E-state index in [1.54, 1.807) is 6.07 Å². The third-order valence-corrected chi connectivity index (χ3v) is 4.49. The highest BCUT2D eigenvalue weighted by Crippen LogP contribution is 2.37. The second kappa shape index (κ2) is 6.04. The van der Waals surface area contributed by atoms with Gasteiger partial charge in [-0.25, -0.2) is 0 Å². The summed E-state index contributed by atoms with van der Waals surface area (Å²) in [6.45, 7) is 0.535. The number of amides is 1. The maximum absolute atomic E-state index is 11.3. The highest BCUT2D eigenvalue weighted by atomic mass is 35.5. The summed E-state index contributed by atoms with van der Waals surface area (Å²) in [4.78, 5) is 13.4. The van der Waals surface area contributed by atoms with Crippen molar-refractivity contribution in [3.05, 3.63) is 45.3 Å². The summed E-state index contributed by atoms with van der Waals surface area (Å²) in [5, 5.41) is 10.5. The number of anilines is 2. The molecule has 0 unspecified atom stereocenters. The van der Waals surface area contributed by atoms with Gasteiger partial charge < -0.3 is 16.4 Å². The highest BCUT2D eigenvalue weighted by Gasteiger charge is 2.21. The molecule has 1 amide bonds. The summed E-state index contributed by atoms with van der Waals surface area (Å²) in [7, 11) is 1.82. The Hall–Kier alpha value is -2.23.